The van der Waals surface area contributed by atoms with E-state index in [0.29, 0.717) is 25.7 Å². The molecule has 0 aromatic rings. The molecular weight excluding hydrogens is 206 g/mol. The summed E-state index contributed by atoms with van der Waals surface area (Å²) in [5.74, 6) is 0.155. The number of carbonyl (C=O) groups is 1. The molecule has 0 radical (unpaired) electrons. The van der Waals surface area contributed by atoms with Crippen molar-refractivity contribution in [3.63, 3.8) is 0 Å². The molecule has 1 N–H and O–H groups in total. The van der Waals surface area contributed by atoms with Gasteiger partial charge in [0.1, 0.15) is 6.61 Å². The molecule has 0 unspecified atom stereocenters. The van der Waals surface area contributed by atoms with Crippen LogP contribution in [0.15, 0.2) is 0 Å². The lowest BCUT2D eigenvalue weighted by Gasteiger charge is -2.08. The fraction of sp³-hybridized carbons (Fsp3) is 0.917. The molecule has 0 aromatic carbocycles. The number of carbonyl (C=O) groups excluding carboxylic acids is 1. The van der Waals surface area contributed by atoms with Gasteiger partial charge in [-0.15, -0.1) is 0 Å². The second-order valence-corrected chi connectivity index (χ2v) is 4.02. The van der Waals surface area contributed by atoms with Crippen molar-refractivity contribution in [2.45, 2.75) is 39.7 Å². The van der Waals surface area contributed by atoms with Crippen molar-refractivity contribution in [3.05, 3.63) is 0 Å². The van der Waals surface area contributed by atoms with E-state index in [1.807, 2.05) is 6.92 Å². The SMILES string of the molecule is CCC(=O)COCCCOCCNC(C)C. The van der Waals surface area contributed by atoms with Crippen LogP contribution in [0.25, 0.3) is 0 Å². The highest BCUT2D eigenvalue weighted by Gasteiger charge is 1.97. The molecule has 0 fully saturated rings. The molecule has 4 heteroatoms. The van der Waals surface area contributed by atoms with Crippen LogP contribution < -0.4 is 5.32 Å². The number of nitrogens with one attached hydrogen (secondary N) is 1. The first kappa shape index (κ1) is 15.6. The van der Waals surface area contributed by atoms with Crippen molar-refractivity contribution in [3.8, 4) is 0 Å². The van der Waals surface area contributed by atoms with Crippen molar-refractivity contribution < 1.29 is 14.3 Å². The molecule has 16 heavy (non-hydrogen) atoms. The Balaban J connectivity index is 3.01. The number of hydrogen-bond acceptors (Lipinski definition) is 4. The molecule has 0 amide bonds. The Kier molecular flexibility index (Phi) is 10.7. The van der Waals surface area contributed by atoms with Gasteiger partial charge in [-0.2, -0.15) is 0 Å². The summed E-state index contributed by atoms with van der Waals surface area (Å²) in [4.78, 5) is 10.9. The normalized spacial score (nSPS) is 11.0. The predicted molar refractivity (Wildman–Crippen MR) is 64.7 cm³/mol. The molecule has 4 nitrogen and oxygen atoms in total. The second-order valence-electron chi connectivity index (χ2n) is 4.02. The van der Waals surface area contributed by atoms with Crippen molar-refractivity contribution in [1.29, 1.82) is 0 Å². The topological polar surface area (TPSA) is 47.6 Å². The van der Waals surface area contributed by atoms with Crippen molar-refractivity contribution in [2.24, 2.45) is 0 Å². The van der Waals surface area contributed by atoms with Crippen LogP contribution in [0.3, 0.4) is 0 Å². The summed E-state index contributed by atoms with van der Waals surface area (Å²) in [5, 5.41) is 3.27. The van der Waals surface area contributed by atoms with E-state index in [1.54, 1.807) is 0 Å². The van der Waals surface area contributed by atoms with E-state index in [9.17, 15) is 4.79 Å². The van der Waals surface area contributed by atoms with Crippen LogP contribution in [0.5, 0.6) is 0 Å². The Morgan fingerprint density at radius 2 is 1.88 bits per heavy atom. The Labute approximate surface area is 98.7 Å². The molecule has 0 atom stereocenters. The van der Waals surface area contributed by atoms with Gasteiger partial charge in [-0.25, -0.2) is 0 Å². The van der Waals surface area contributed by atoms with Crippen LogP contribution in [0.4, 0.5) is 0 Å². The molecule has 0 saturated heterocycles. The molecule has 0 spiro atoms. The van der Waals surface area contributed by atoms with E-state index in [1.165, 1.54) is 0 Å². The zero-order valence-electron chi connectivity index (χ0n) is 10.8. The Bertz CT molecular complexity index is 172. The number of ether oxygens (including phenoxy) is 2. The van der Waals surface area contributed by atoms with Gasteiger partial charge >= 0.3 is 0 Å². The first-order valence-electron chi connectivity index (χ1n) is 6.07. The molecule has 0 aliphatic heterocycles. The Morgan fingerprint density at radius 1 is 1.19 bits per heavy atom. The summed E-state index contributed by atoms with van der Waals surface area (Å²) >= 11 is 0. The molecule has 0 bridgehead atoms. The van der Waals surface area contributed by atoms with Gasteiger partial charge in [0.2, 0.25) is 0 Å². The van der Waals surface area contributed by atoms with Crippen LogP contribution in [-0.4, -0.2) is 44.8 Å². The molecule has 0 aliphatic carbocycles. The van der Waals surface area contributed by atoms with Gasteiger partial charge < -0.3 is 14.8 Å². The third kappa shape index (κ3) is 11.6. The van der Waals surface area contributed by atoms with Gasteiger partial charge in [0.15, 0.2) is 5.78 Å². The average Bonchev–Trinajstić information content (AvgIpc) is 2.26. The van der Waals surface area contributed by atoms with Gasteiger partial charge in [0.25, 0.3) is 0 Å². The quantitative estimate of drug-likeness (QED) is 0.546. The van der Waals surface area contributed by atoms with Crippen LogP contribution in [0.2, 0.25) is 0 Å². The number of ketones is 1. The maximum Gasteiger partial charge on any atom is 0.158 e. The number of rotatable bonds is 11. The van der Waals surface area contributed by atoms with E-state index in [2.05, 4.69) is 19.2 Å². The largest absolute Gasteiger partial charge is 0.380 e. The fourth-order valence-corrected chi connectivity index (χ4v) is 1.07. The minimum absolute atomic E-state index is 0.155. The van der Waals surface area contributed by atoms with Gasteiger partial charge in [-0.1, -0.05) is 20.8 Å². The highest BCUT2D eigenvalue weighted by molar-refractivity contribution is 5.79. The van der Waals surface area contributed by atoms with Crippen LogP contribution in [0.1, 0.15) is 33.6 Å². The first-order valence-corrected chi connectivity index (χ1v) is 6.07. The predicted octanol–water partition coefficient (Wildman–Crippen LogP) is 1.39. The van der Waals surface area contributed by atoms with Gasteiger partial charge in [0.05, 0.1) is 6.61 Å². The summed E-state index contributed by atoms with van der Waals surface area (Å²) < 4.78 is 10.6. The smallest absolute Gasteiger partial charge is 0.158 e. The van der Waals surface area contributed by atoms with Crippen molar-refractivity contribution in [2.75, 3.05) is 33.0 Å². The lowest BCUT2D eigenvalue weighted by molar-refractivity contribution is -0.123. The third-order valence-electron chi connectivity index (χ3n) is 2.03. The highest BCUT2D eigenvalue weighted by Crippen LogP contribution is 1.88. The van der Waals surface area contributed by atoms with Crippen LogP contribution in [-0.2, 0) is 14.3 Å². The number of Topliss-reactive ketones (excluding diaryl/α,β-unsaturated/α-hetero) is 1. The zero-order valence-corrected chi connectivity index (χ0v) is 10.8. The summed E-state index contributed by atoms with van der Waals surface area (Å²) in [6.07, 6.45) is 1.40. The van der Waals surface area contributed by atoms with E-state index < -0.39 is 0 Å². The minimum Gasteiger partial charge on any atom is -0.380 e. The zero-order chi connectivity index (χ0) is 12.2. The molecular formula is C12H25NO3. The number of hydrogen-bond donors (Lipinski definition) is 1. The summed E-state index contributed by atoms with van der Waals surface area (Å²) in [6, 6.07) is 0.506. The fourth-order valence-electron chi connectivity index (χ4n) is 1.07. The second kappa shape index (κ2) is 11.0. The minimum atomic E-state index is 0.155. The van der Waals surface area contributed by atoms with E-state index >= 15 is 0 Å². The van der Waals surface area contributed by atoms with E-state index in [-0.39, 0.29) is 12.4 Å². The van der Waals surface area contributed by atoms with Crippen molar-refractivity contribution in [1.82, 2.24) is 5.32 Å². The molecule has 0 heterocycles. The lowest BCUT2D eigenvalue weighted by Crippen LogP contribution is -2.26. The van der Waals surface area contributed by atoms with Crippen LogP contribution >= 0.6 is 0 Å². The summed E-state index contributed by atoms with van der Waals surface area (Å²) in [5.41, 5.74) is 0. The standard InChI is InChI=1S/C12H25NO3/c1-4-12(14)10-16-8-5-7-15-9-6-13-11(2)3/h11,13H,4-10H2,1-3H3. The van der Waals surface area contributed by atoms with Crippen LogP contribution in [0, 0.1) is 0 Å². The van der Waals surface area contributed by atoms with Gasteiger partial charge in [-0.3, -0.25) is 4.79 Å². The molecule has 0 aromatic heterocycles. The molecule has 0 rings (SSSR count). The van der Waals surface area contributed by atoms with Gasteiger partial charge in [-0.05, 0) is 6.42 Å². The third-order valence-corrected chi connectivity index (χ3v) is 2.03. The molecule has 0 saturated carbocycles. The first-order chi connectivity index (χ1) is 7.66. The lowest BCUT2D eigenvalue weighted by atomic mass is 10.3. The molecule has 0 aliphatic rings. The maximum absolute atomic E-state index is 10.9. The average molecular weight is 231 g/mol. The summed E-state index contributed by atoms with van der Waals surface area (Å²) in [7, 11) is 0. The van der Waals surface area contributed by atoms with E-state index in [4.69, 9.17) is 9.47 Å². The molecule has 96 valence electrons. The van der Waals surface area contributed by atoms with Crippen molar-refractivity contribution >= 4 is 5.78 Å². The Hall–Kier alpha value is -0.450. The summed E-state index contributed by atoms with van der Waals surface area (Å²) in [6.45, 7) is 9.21. The Morgan fingerprint density at radius 3 is 2.50 bits per heavy atom. The van der Waals surface area contributed by atoms with E-state index in [0.717, 1.165) is 19.6 Å². The monoisotopic (exact) mass is 231 g/mol. The highest BCUT2D eigenvalue weighted by atomic mass is 16.5. The van der Waals surface area contributed by atoms with Gasteiger partial charge in [0, 0.05) is 32.2 Å². The maximum atomic E-state index is 10.9.